The van der Waals surface area contributed by atoms with Crippen LogP contribution in [0, 0.1) is 0 Å². The highest BCUT2D eigenvalue weighted by atomic mass is 16.1. The minimum absolute atomic E-state index is 0.0285. The Labute approximate surface area is 155 Å². The van der Waals surface area contributed by atoms with Gasteiger partial charge in [-0.25, -0.2) is 4.98 Å². The summed E-state index contributed by atoms with van der Waals surface area (Å²) in [7, 11) is 0. The van der Waals surface area contributed by atoms with Crippen molar-refractivity contribution < 1.29 is 0 Å². The summed E-state index contributed by atoms with van der Waals surface area (Å²) in [5.74, 6) is 0.607. The Hall–Kier alpha value is -3.25. The molecule has 1 aliphatic heterocycles. The number of nitrogens with zero attached hydrogens (tertiary/aromatic N) is 3. The average molecular weight is 357 g/mol. The Morgan fingerprint density at radius 1 is 1.11 bits per heavy atom. The summed E-state index contributed by atoms with van der Waals surface area (Å²) < 4.78 is 0. The SMILES string of the molecule is O=c1[nH]c(-c2ccncc2)nc2c1CCN(Cc1ccc3cc[nH]c3c1)C2. The number of pyridine rings is 1. The fraction of sp³-hybridized carbons (Fsp3) is 0.190. The molecule has 0 fully saturated rings. The molecule has 0 saturated heterocycles. The van der Waals surface area contributed by atoms with Crippen LogP contribution in [-0.2, 0) is 19.5 Å². The van der Waals surface area contributed by atoms with Crippen molar-refractivity contribution in [2.75, 3.05) is 6.54 Å². The van der Waals surface area contributed by atoms with Gasteiger partial charge in [0.2, 0.25) is 0 Å². The van der Waals surface area contributed by atoms with Crippen molar-refractivity contribution in [3.8, 4) is 11.4 Å². The van der Waals surface area contributed by atoms with E-state index < -0.39 is 0 Å². The number of aromatic amines is 2. The Morgan fingerprint density at radius 3 is 2.89 bits per heavy atom. The molecule has 0 aliphatic carbocycles. The van der Waals surface area contributed by atoms with Crippen molar-refractivity contribution >= 4 is 10.9 Å². The van der Waals surface area contributed by atoms with E-state index in [9.17, 15) is 4.79 Å². The summed E-state index contributed by atoms with van der Waals surface area (Å²) in [5, 5.41) is 1.22. The summed E-state index contributed by atoms with van der Waals surface area (Å²) in [5.41, 5.74) is 4.94. The Bertz CT molecular complexity index is 1160. The lowest BCUT2D eigenvalue weighted by atomic mass is 10.0. The molecule has 0 saturated carbocycles. The van der Waals surface area contributed by atoms with E-state index in [0.29, 0.717) is 12.4 Å². The first kappa shape index (κ1) is 16.0. The van der Waals surface area contributed by atoms with Crippen LogP contribution >= 0.6 is 0 Å². The minimum atomic E-state index is -0.0285. The molecular weight excluding hydrogens is 338 g/mol. The standard InChI is InChI=1S/C21H19N5O/c27-21-17-6-10-26(12-14-1-2-15-5-9-23-18(15)11-14)13-19(17)24-20(25-21)16-3-7-22-8-4-16/h1-5,7-9,11,23H,6,10,12-13H2,(H,24,25,27). The third-order valence-corrected chi connectivity index (χ3v) is 5.13. The van der Waals surface area contributed by atoms with Gasteiger partial charge in [-0.3, -0.25) is 14.7 Å². The van der Waals surface area contributed by atoms with E-state index in [2.05, 4.69) is 44.1 Å². The highest BCUT2D eigenvalue weighted by molar-refractivity contribution is 5.79. The maximum atomic E-state index is 12.5. The highest BCUT2D eigenvalue weighted by Gasteiger charge is 2.21. The predicted octanol–water partition coefficient (Wildman–Crippen LogP) is 2.87. The normalized spacial score (nSPS) is 14.4. The molecule has 0 radical (unpaired) electrons. The first-order valence-corrected chi connectivity index (χ1v) is 9.07. The maximum absolute atomic E-state index is 12.5. The molecule has 134 valence electrons. The third kappa shape index (κ3) is 3.04. The lowest BCUT2D eigenvalue weighted by Gasteiger charge is -2.27. The van der Waals surface area contributed by atoms with Gasteiger partial charge in [-0.15, -0.1) is 0 Å². The molecule has 0 amide bonds. The zero-order chi connectivity index (χ0) is 18.2. The van der Waals surface area contributed by atoms with Gasteiger partial charge in [-0.2, -0.15) is 0 Å². The fourth-order valence-corrected chi connectivity index (χ4v) is 3.73. The Morgan fingerprint density at radius 2 is 2.00 bits per heavy atom. The number of H-pyrrole nitrogens is 2. The van der Waals surface area contributed by atoms with Gasteiger partial charge in [0.25, 0.3) is 5.56 Å². The van der Waals surface area contributed by atoms with E-state index >= 15 is 0 Å². The van der Waals surface area contributed by atoms with Crippen molar-refractivity contribution in [3.05, 3.63) is 82.2 Å². The van der Waals surface area contributed by atoms with Crippen LogP contribution in [0.1, 0.15) is 16.8 Å². The van der Waals surface area contributed by atoms with Crippen LogP contribution in [0.4, 0.5) is 0 Å². The van der Waals surface area contributed by atoms with Crippen LogP contribution in [0.25, 0.3) is 22.3 Å². The van der Waals surface area contributed by atoms with Gasteiger partial charge in [0.1, 0.15) is 5.82 Å². The maximum Gasteiger partial charge on any atom is 0.254 e. The van der Waals surface area contributed by atoms with Crippen LogP contribution in [0.15, 0.2) is 59.8 Å². The summed E-state index contributed by atoms with van der Waals surface area (Å²) in [6.45, 7) is 2.38. The zero-order valence-electron chi connectivity index (χ0n) is 14.8. The molecule has 6 heteroatoms. The van der Waals surface area contributed by atoms with E-state index in [4.69, 9.17) is 4.98 Å². The largest absolute Gasteiger partial charge is 0.361 e. The van der Waals surface area contributed by atoms with Gasteiger partial charge < -0.3 is 9.97 Å². The molecule has 1 aliphatic rings. The summed E-state index contributed by atoms with van der Waals surface area (Å²) >= 11 is 0. The second-order valence-corrected chi connectivity index (χ2v) is 6.94. The van der Waals surface area contributed by atoms with Crippen LogP contribution < -0.4 is 5.56 Å². The predicted molar refractivity (Wildman–Crippen MR) is 104 cm³/mol. The van der Waals surface area contributed by atoms with Gasteiger partial charge in [0.05, 0.1) is 5.69 Å². The summed E-state index contributed by atoms with van der Waals surface area (Å²) in [4.78, 5) is 29.8. The topological polar surface area (TPSA) is 77.7 Å². The quantitative estimate of drug-likeness (QED) is 0.591. The molecule has 4 aromatic rings. The molecule has 3 aromatic heterocycles. The molecule has 0 unspecified atom stereocenters. The monoisotopic (exact) mass is 357 g/mol. The van der Waals surface area contributed by atoms with Gasteiger partial charge in [-0.1, -0.05) is 12.1 Å². The van der Waals surface area contributed by atoms with Gasteiger partial charge in [0, 0.05) is 54.9 Å². The number of nitrogens with one attached hydrogen (secondary N) is 2. The van der Waals surface area contributed by atoms with Gasteiger partial charge in [0.15, 0.2) is 0 Å². The second-order valence-electron chi connectivity index (χ2n) is 6.94. The molecule has 4 heterocycles. The van der Waals surface area contributed by atoms with E-state index in [-0.39, 0.29) is 5.56 Å². The number of hydrogen-bond acceptors (Lipinski definition) is 4. The molecule has 0 spiro atoms. The van der Waals surface area contributed by atoms with Crippen LogP contribution in [0.2, 0.25) is 0 Å². The number of fused-ring (bicyclic) bond motifs is 2. The number of aromatic nitrogens is 4. The van der Waals surface area contributed by atoms with Crippen LogP contribution in [0.5, 0.6) is 0 Å². The molecule has 0 atom stereocenters. The summed E-state index contributed by atoms with van der Waals surface area (Å²) in [6, 6.07) is 12.3. The number of benzene rings is 1. The lowest BCUT2D eigenvalue weighted by molar-refractivity contribution is 0.240. The first-order chi connectivity index (χ1) is 13.3. The molecule has 1 aromatic carbocycles. The van der Waals surface area contributed by atoms with Crippen molar-refractivity contribution in [3.63, 3.8) is 0 Å². The lowest BCUT2D eigenvalue weighted by Crippen LogP contribution is -2.35. The average Bonchev–Trinajstić information content (AvgIpc) is 3.16. The Kier molecular flexibility index (Phi) is 3.83. The van der Waals surface area contributed by atoms with E-state index in [1.807, 2.05) is 18.3 Å². The second kappa shape index (κ2) is 6.48. The van der Waals surface area contributed by atoms with E-state index in [0.717, 1.165) is 41.8 Å². The Balaban J connectivity index is 1.42. The highest BCUT2D eigenvalue weighted by Crippen LogP contribution is 2.21. The van der Waals surface area contributed by atoms with Gasteiger partial charge >= 0.3 is 0 Å². The molecule has 6 nitrogen and oxygen atoms in total. The number of hydrogen-bond donors (Lipinski definition) is 2. The van der Waals surface area contributed by atoms with Crippen molar-refractivity contribution in [2.24, 2.45) is 0 Å². The smallest absolute Gasteiger partial charge is 0.254 e. The van der Waals surface area contributed by atoms with Crippen molar-refractivity contribution in [1.29, 1.82) is 0 Å². The van der Waals surface area contributed by atoms with Gasteiger partial charge in [-0.05, 0) is 41.6 Å². The van der Waals surface area contributed by atoms with E-state index in [1.165, 1.54) is 10.9 Å². The molecule has 0 bridgehead atoms. The molecule has 27 heavy (non-hydrogen) atoms. The molecule has 2 N–H and O–H groups in total. The summed E-state index contributed by atoms with van der Waals surface area (Å²) in [6.07, 6.45) is 6.09. The molecule has 5 rings (SSSR count). The zero-order valence-corrected chi connectivity index (χ0v) is 14.8. The number of rotatable bonds is 3. The first-order valence-electron chi connectivity index (χ1n) is 9.07. The third-order valence-electron chi connectivity index (χ3n) is 5.13. The van der Waals surface area contributed by atoms with Crippen molar-refractivity contribution in [2.45, 2.75) is 19.5 Å². The fourth-order valence-electron chi connectivity index (χ4n) is 3.73. The molecular formula is C21H19N5O. The van der Waals surface area contributed by atoms with E-state index in [1.54, 1.807) is 12.4 Å². The van der Waals surface area contributed by atoms with Crippen LogP contribution in [0.3, 0.4) is 0 Å². The minimum Gasteiger partial charge on any atom is -0.361 e. The van der Waals surface area contributed by atoms with Crippen molar-refractivity contribution in [1.82, 2.24) is 24.8 Å². The van der Waals surface area contributed by atoms with Crippen LogP contribution in [-0.4, -0.2) is 31.4 Å².